The maximum atomic E-state index is 12.8. The average molecular weight is 394 g/mol. The lowest BCUT2D eigenvalue weighted by Gasteiger charge is -2.24. The third-order valence-corrected chi connectivity index (χ3v) is 8.39. The van der Waals surface area contributed by atoms with Gasteiger partial charge in [0.2, 0.25) is 0 Å². The van der Waals surface area contributed by atoms with Crippen molar-refractivity contribution in [2.75, 3.05) is 5.32 Å². The van der Waals surface area contributed by atoms with Crippen molar-refractivity contribution < 1.29 is 16.8 Å². The van der Waals surface area contributed by atoms with Gasteiger partial charge in [0, 0.05) is 10.7 Å². The summed E-state index contributed by atoms with van der Waals surface area (Å²) in [7, 11) is -7.70. The lowest BCUT2D eigenvalue weighted by Crippen LogP contribution is -2.34. The van der Waals surface area contributed by atoms with E-state index in [2.05, 4.69) is 5.32 Å². The molecule has 5 nitrogen and oxygen atoms in total. The molecule has 0 saturated carbocycles. The fourth-order valence-corrected chi connectivity index (χ4v) is 4.10. The van der Waals surface area contributed by atoms with Gasteiger partial charge in [0.1, 0.15) is 5.03 Å². The van der Waals surface area contributed by atoms with Crippen LogP contribution in [0.4, 0.5) is 5.69 Å². The molecule has 0 atom stereocenters. The molecular weight excluding hydrogens is 370 g/mol. The summed E-state index contributed by atoms with van der Waals surface area (Å²) >= 11 is 5.82. The highest BCUT2D eigenvalue weighted by Gasteiger charge is 2.36. The maximum Gasteiger partial charge on any atom is 0.199 e. The Morgan fingerprint density at radius 2 is 1.38 bits per heavy atom. The molecule has 0 amide bonds. The zero-order chi connectivity index (χ0) is 19.0. The van der Waals surface area contributed by atoms with Gasteiger partial charge in [-0.05, 0) is 65.8 Å². The second-order valence-corrected chi connectivity index (χ2v) is 13.0. The Morgan fingerprint density at radius 3 is 1.75 bits per heavy atom. The molecule has 8 heteroatoms. The van der Waals surface area contributed by atoms with Crippen molar-refractivity contribution in [3.05, 3.63) is 39.7 Å². The van der Waals surface area contributed by atoms with Gasteiger partial charge in [-0.2, -0.15) is 0 Å². The number of nitrogens with one attached hydrogen (secondary N) is 1. The van der Waals surface area contributed by atoms with E-state index < -0.39 is 29.2 Å². The van der Waals surface area contributed by atoms with Crippen molar-refractivity contribution in [1.82, 2.24) is 0 Å². The summed E-state index contributed by atoms with van der Waals surface area (Å²) in [6, 6.07) is 6.34. The minimum Gasteiger partial charge on any atom is -0.346 e. The highest BCUT2D eigenvalue weighted by atomic mass is 35.5. The second-order valence-electron chi connectivity index (χ2n) is 7.39. The van der Waals surface area contributed by atoms with Crippen molar-refractivity contribution in [2.24, 2.45) is 0 Å². The minimum absolute atomic E-state index is 0.354. The summed E-state index contributed by atoms with van der Waals surface area (Å²) in [6.45, 7) is 9.10. The zero-order valence-electron chi connectivity index (χ0n) is 14.7. The van der Waals surface area contributed by atoms with Gasteiger partial charge < -0.3 is 5.32 Å². The van der Waals surface area contributed by atoms with Gasteiger partial charge in [0.05, 0.1) is 14.9 Å². The molecule has 0 aliphatic heterocycles. The first-order chi connectivity index (χ1) is 10.6. The molecule has 24 heavy (non-hydrogen) atoms. The van der Waals surface area contributed by atoms with E-state index in [9.17, 15) is 16.8 Å². The molecule has 1 N–H and O–H groups in total. The van der Waals surface area contributed by atoms with E-state index in [1.165, 1.54) is 41.5 Å². The van der Waals surface area contributed by atoms with Crippen molar-refractivity contribution in [1.29, 1.82) is 0 Å². The van der Waals surface area contributed by atoms with E-state index in [1.54, 1.807) is 24.3 Å². The van der Waals surface area contributed by atoms with E-state index in [0.717, 1.165) is 5.41 Å². The van der Waals surface area contributed by atoms with Crippen LogP contribution in [0.15, 0.2) is 34.7 Å². The highest BCUT2D eigenvalue weighted by Crippen LogP contribution is 2.28. The molecule has 1 rings (SSSR count). The van der Waals surface area contributed by atoms with Gasteiger partial charge in [-0.25, -0.2) is 16.8 Å². The number of sulfone groups is 2. The first kappa shape index (κ1) is 21.0. The number of hydrogen-bond donors (Lipinski definition) is 1. The smallest absolute Gasteiger partial charge is 0.199 e. The van der Waals surface area contributed by atoms with Gasteiger partial charge in [-0.1, -0.05) is 11.6 Å². The number of rotatable bonds is 4. The Bertz CT molecular complexity index is 826. The quantitative estimate of drug-likeness (QED) is 0.836. The fourth-order valence-electron chi connectivity index (χ4n) is 1.48. The fraction of sp³-hybridized carbons (Fsp3) is 0.500. The third kappa shape index (κ3) is 4.74. The third-order valence-electron chi connectivity index (χ3n) is 3.32. The highest BCUT2D eigenvalue weighted by molar-refractivity contribution is 7.99. The van der Waals surface area contributed by atoms with Gasteiger partial charge in [0.25, 0.3) is 0 Å². The van der Waals surface area contributed by atoms with Crippen LogP contribution in [0.5, 0.6) is 0 Å². The van der Waals surface area contributed by atoms with Crippen LogP contribution < -0.4 is 5.32 Å². The summed E-state index contributed by atoms with van der Waals surface area (Å²) in [6.07, 6.45) is 0. The Balaban J connectivity index is 3.52. The van der Waals surface area contributed by atoms with Gasteiger partial charge >= 0.3 is 0 Å². The largest absolute Gasteiger partial charge is 0.346 e. The standard InChI is InChI=1S/C16H24ClNO4S2/c1-15(2,3)23(19,20)11-14(24(21,22)16(4,5)6)18-13-9-7-12(17)8-10-13/h7-11,18H,1-6H3/b14-11+. The van der Waals surface area contributed by atoms with E-state index >= 15 is 0 Å². The molecule has 0 heterocycles. The van der Waals surface area contributed by atoms with Crippen molar-refractivity contribution in [3.8, 4) is 0 Å². The molecule has 1 aromatic carbocycles. The van der Waals surface area contributed by atoms with Crippen LogP contribution in [-0.4, -0.2) is 26.3 Å². The van der Waals surface area contributed by atoms with Gasteiger partial charge in [-0.3, -0.25) is 0 Å². The van der Waals surface area contributed by atoms with E-state index in [4.69, 9.17) is 11.6 Å². The second kappa shape index (κ2) is 6.69. The molecule has 0 aliphatic carbocycles. The summed E-state index contributed by atoms with van der Waals surface area (Å²) in [5.74, 6) is 0. The van der Waals surface area contributed by atoms with Crippen LogP contribution in [-0.2, 0) is 19.7 Å². The molecule has 1 aromatic rings. The summed E-state index contributed by atoms with van der Waals surface area (Å²) in [5, 5.41) is 3.66. The van der Waals surface area contributed by atoms with Crippen LogP contribution in [0.1, 0.15) is 41.5 Å². The Kier molecular flexibility index (Phi) is 5.85. The van der Waals surface area contributed by atoms with Crippen molar-refractivity contribution in [2.45, 2.75) is 51.0 Å². The van der Waals surface area contributed by atoms with Crippen LogP contribution in [0.25, 0.3) is 0 Å². The monoisotopic (exact) mass is 393 g/mol. The Hall–Kier alpha value is -1.05. The van der Waals surface area contributed by atoms with Gasteiger partial charge in [-0.15, -0.1) is 0 Å². The molecule has 0 spiro atoms. The predicted octanol–water partition coefficient (Wildman–Crippen LogP) is 3.98. The number of hydrogen-bond acceptors (Lipinski definition) is 5. The van der Waals surface area contributed by atoms with E-state index in [0.29, 0.717) is 10.7 Å². The topological polar surface area (TPSA) is 80.3 Å². The first-order valence-electron chi connectivity index (χ1n) is 7.31. The van der Waals surface area contributed by atoms with Crippen LogP contribution >= 0.6 is 11.6 Å². The normalized spacial score (nSPS) is 14.5. The Morgan fingerprint density at radius 1 is 0.917 bits per heavy atom. The summed E-state index contributed by atoms with van der Waals surface area (Å²) < 4.78 is 48.3. The molecule has 0 unspecified atom stereocenters. The molecule has 0 fully saturated rings. The molecular formula is C16H24ClNO4S2. The van der Waals surface area contributed by atoms with E-state index in [1.807, 2.05) is 0 Å². The SMILES string of the molecule is CC(C)(C)S(=O)(=O)/C=C(\Nc1ccc(Cl)cc1)S(=O)(=O)C(C)(C)C. The molecule has 0 aliphatic rings. The maximum absolute atomic E-state index is 12.8. The molecule has 136 valence electrons. The number of halogens is 1. The lowest BCUT2D eigenvalue weighted by molar-refractivity contribution is 0.564. The van der Waals surface area contributed by atoms with Crippen molar-refractivity contribution >= 4 is 37.0 Å². The van der Waals surface area contributed by atoms with E-state index in [-0.39, 0.29) is 5.03 Å². The van der Waals surface area contributed by atoms with Crippen LogP contribution in [0.3, 0.4) is 0 Å². The van der Waals surface area contributed by atoms with Crippen LogP contribution in [0.2, 0.25) is 5.02 Å². The van der Waals surface area contributed by atoms with Gasteiger partial charge in [0.15, 0.2) is 19.7 Å². The number of anilines is 1. The Labute approximate surface area is 149 Å². The van der Waals surface area contributed by atoms with Crippen LogP contribution in [0, 0.1) is 0 Å². The minimum atomic E-state index is -3.90. The summed E-state index contributed by atoms with van der Waals surface area (Å²) in [4.78, 5) is 0. The summed E-state index contributed by atoms with van der Waals surface area (Å²) in [5.41, 5.74) is 0.433. The molecule has 0 bridgehead atoms. The number of benzene rings is 1. The predicted molar refractivity (Wildman–Crippen MR) is 101 cm³/mol. The molecule has 0 saturated heterocycles. The lowest BCUT2D eigenvalue weighted by atomic mass is 10.3. The first-order valence-corrected chi connectivity index (χ1v) is 10.7. The zero-order valence-corrected chi connectivity index (χ0v) is 17.1. The molecule has 0 aromatic heterocycles. The average Bonchev–Trinajstić information content (AvgIpc) is 2.37. The van der Waals surface area contributed by atoms with Crippen molar-refractivity contribution in [3.63, 3.8) is 0 Å². The molecule has 0 radical (unpaired) electrons.